The lowest BCUT2D eigenvalue weighted by molar-refractivity contribution is -0.141. The van der Waals surface area contributed by atoms with Gasteiger partial charge in [0.25, 0.3) is 0 Å². The highest BCUT2D eigenvalue weighted by molar-refractivity contribution is 5.65. The molecule has 0 aliphatic heterocycles. The SMILES string of the molecule is CC(=O)OCCCCCCCCCCCCCCC[C]=O. The van der Waals surface area contributed by atoms with Crippen LogP contribution in [0.1, 0.15) is 96.8 Å². The van der Waals surface area contributed by atoms with E-state index in [0.717, 1.165) is 12.8 Å². The van der Waals surface area contributed by atoms with Crippen molar-refractivity contribution in [3.8, 4) is 0 Å². The summed E-state index contributed by atoms with van der Waals surface area (Å²) in [6, 6.07) is 0. The van der Waals surface area contributed by atoms with Crippen LogP contribution in [0.2, 0.25) is 0 Å². The third-order valence-corrected chi connectivity index (χ3v) is 3.73. The number of carbonyl (C=O) groups is 1. The molecule has 1 radical (unpaired) electrons. The van der Waals surface area contributed by atoms with E-state index < -0.39 is 0 Å². The zero-order valence-corrected chi connectivity index (χ0v) is 13.8. The number of carbonyl (C=O) groups excluding carboxylic acids is 2. The van der Waals surface area contributed by atoms with Gasteiger partial charge in [-0.05, 0) is 12.8 Å². The Labute approximate surface area is 130 Å². The van der Waals surface area contributed by atoms with Crippen molar-refractivity contribution >= 4 is 12.3 Å². The lowest BCUT2D eigenvalue weighted by Gasteiger charge is -2.03. The Morgan fingerprint density at radius 1 is 0.714 bits per heavy atom. The van der Waals surface area contributed by atoms with E-state index in [0.29, 0.717) is 13.0 Å². The van der Waals surface area contributed by atoms with Crippen LogP contribution in [0.15, 0.2) is 0 Å². The third kappa shape index (κ3) is 19.1. The Morgan fingerprint density at radius 2 is 1.10 bits per heavy atom. The first-order valence-corrected chi connectivity index (χ1v) is 8.75. The fourth-order valence-corrected chi connectivity index (χ4v) is 2.46. The van der Waals surface area contributed by atoms with Crippen LogP contribution >= 0.6 is 0 Å². The average Bonchev–Trinajstić information content (AvgIpc) is 2.46. The number of ether oxygens (including phenoxy) is 1. The van der Waals surface area contributed by atoms with Gasteiger partial charge in [-0.3, -0.25) is 9.59 Å². The maximum Gasteiger partial charge on any atom is 0.302 e. The van der Waals surface area contributed by atoms with Crippen molar-refractivity contribution in [2.24, 2.45) is 0 Å². The van der Waals surface area contributed by atoms with Crippen molar-refractivity contribution < 1.29 is 14.3 Å². The van der Waals surface area contributed by atoms with Crippen molar-refractivity contribution in [3.63, 3.8) is 0 Å². The molecule has 0 aliphatic carbocycles. The fraction of sp³-hybridized carbons (Fsp3) is 0.889. The van der Waals surface area contributed by atoms with Crippen LogP contribution < -0.4 is 0 Å². The Hall–Kier alpha value is -0.860. The van der Waals surface area contributed by atoms with E-state index in [4.69, 9.17) is 4.74 Å². The molecule has 0 N–H and O–H groups in total. The summed E-state index contributed by atoms with van der Waals surface area (Å²) in [5.41, 5.74) is 0. The molecule has 3 nitrogen and oxygen atoms in total. The highest BCUT2D eigenvalue weighted by Gasteiger charge is 1.95. The molecule has 0 unspecified atom stereocenters. The summed E-state index contributed by atoms with van der Waals surface area (Å²) in [6.45, 7) is 2.05. The number of unbranched alkanes of at least 4 members (excludes halogenated alkanes) is 13. The topological polar surface area (TPSA) is 43.4 Å². The first-order chi connectivity index (χ1) is 10.3. The summed E-state index contributed by atoms with van der Waals surface area (Å²) in [4.78, 5) is 20.6. The summed E-state index contributed by atoms with van der Waals surface area (Å²) < 4.78 is 4.90. The van der Waals surface area contributed by atoms with Crippen LogP contribution in [0.4, 0.5) is 0 Å². The van der Waals surface area contributed by atoms with Gasteiger partial charge in [0, 0.05) is 13.3 Å². The van der Waals surface area contributed by atoms with E-state index in [1.165, 1.54) is 77.6 Å². The van der Waals surface area contributed by atoms with E-state index >= 15 is 0 Å². The molecule has 0 saturated carbocycles. The standard InChI is InChI=1S/C18H33O3/c1-18(20)21-17-15-13-11-9-7-5-3-2-4-6-8-10-12-14-16-19/h2-15,17H2,1H3. The maximum atomic E-state index is 10.6. The average molecular weight is 297 g/mol. The second-order valence-corrected chi connectivity index (χ2v) is 5.83. The van der Waals surface area contributed by atoms with Gasteiger partial charge in [-0.25, -0.2) is 0 Å². The first kappa shape index (κ1) is 20.1. The van der Waals surface area contributed by atoms with E-state index in [1.54, 1.807) is 0 Å². The zero-order valence-electron chi connectivity index (χ0n) is 13.8. The van der Waals surface area contributed by atoms with Crippen LogP contribution in [-0.4, -0.2) is 18.9 Å². The lowest BCUT2D eigenvalue weighted by atomic mass is 10.0. The third-order valence-electron chi connectivity index (χ3n) is 3.73. The molecule has 0 saturated heterocycles. The van der Waals surface area contributed by atoms with E-state index in [-0.39, 0.29) is 5.97 Å². The van der Waals surface area contributed by atoms with Gasteiger partial charge in [0.05, 0.1) is 6.61 Å². The minimum atomic E-state index is -0.169. The van der Waals surface area contributed by atoms with Crippen LogP contribution in [0.25, 0.3) is 0 Å². The molecular formula is C18H33O3. The number of esters is 1. The van der Waals surface area contributed by atoms with Gasteiger partial charge < -0.3 is 4.74 Å². The van der Waals surface area contributed by atoms with Gasteiger partial charge >= 0.3 is 5.97 Å². The summed E-state index contributed by atoms with van der Waals surface area (Å²) in [5.74, 6) is -0.169. The van der Waals surface area contributed by atoms with Crippen LogP contribution in [0.5, 0.6) is 0 Å². The highest BCUT2D eigenvalue weighted by Crippen LogP contribution is 2.12. The quantitative estimate of drug-likeness (QED) is 0.293. The van der Waals surface area contributed by atoms with Crippen molar-refractivity contribution in [2.75, 3.05) is 6.61 Å². The zero-order chi connectivity index (χ0) is 15.6. The molecule has 0 atom stereocenters. The summed E-state index contributed by atoms with van der Waals surface area (Å²) >= 11 is 0. The molecule has 21 heavy (non-hydrogen) atoms. The Bertz CT molecular complexity index is 239. The number of hydrogen-bond donors (Lipinski definition) is 0. The molecule has 0 aromatic carbocycles. The fourth-order valence-electron chi connectivity index (χ4n) is 2.46. The molecule has 0 spiro atoms. The lowest BCUT2D eigenvalue weighted by Crippen LogP contribution is -2.00. The molecule has 0 aliphatic rings. The van der Waals surface area contributed by atoms with Crippen molar-refractivity contribution in [3.05, 3.63) is 0 Å². The molecule has 0 aromatic rings. The molecule has 123 valence electrons. The monoisotopic (exact) mass is 297 g/mol. The van der Waals surface area contributed by atoms with Crippen molar-refractivity contribution in [1.29, 1.82) is 0 Å². The van der Waals surface area contributed by atoms with Crippen LogP contribution in [-0.2, 0) is 14.3 Å². The molecule has 3 heteroatoms. The molecular weight excluding hydrogens is 264 g/mol. The molecule has 0 bridgehead atoms. The smallest absolute Gasteiger partial charge is 0.302 e. The Kier molecular flexibility index (Phi) is 16.5. The van der Waals surface area contributed by atoms with Gasteiger partial charge in [0.15, 0.2) is 6.29 Å². The Balaban J connectivity index is 2.96. The molecule has 0 heterocycles. The van der Waals surface area contributed by atoms with Crippen LogP contribution in [0, 0.1) is 0 Å². The first-order valence-electron chi connectivity index (χ1n) is 8.75. The second-order valence-electron chi connectivity index (χ2n) is 5.83. The largest absolute Gasteiger partial charge is 0.466 e. The van der Waals surface area contributed by atoms with Gasteiger partial charge in [-0.2, -0.15) is 0 Å². The van der Waals surface area contributed by atoms with Gasteiger partial charge in [-0.15, -0.1) is 0 Å². The highest BCUT2D eigenvalue weighted by atomic mass is 16.5. The van der Waals surface area contributed by atoms with Gasteiger partial charge in [0.1, 0.15) is 0 Å². The number of rotatable bonds is 16. The summed E-state index contributed by atoms with van der Waals surface area (Å²) in [6.07, 6.45) is 18.8. The predicted molar refractivity (Wildman–Crippen MR) is 87.0 cm³/mol. The molecule has 0 rings (SSSR count). The predicted octanol–water partition coefficient (Wildman–Crippen LogP) is 5.12. The van der Waals surface area contributed by atoms with E-state index in [9.17, 15) is 9.59 Å². The molecule has 0 amide bonds. The Morgan fingerprint density at radius 3 is 1.48 bits per heavy atom. The van der Waals surface area contributed by atoms with Gasteiger partial charge in [-0.1, -0.05) is 70.6 Å². The maximum absolute atomic E-state index is 10.6. The van der Waals surface area contributed by atoms with Crippen LogP contribution in [0.3, 0.4) is 0 Å². The van der Waals surface area contributed by atoms with Crippen molar-refractivity contribution in [1.82, 2.24) is 0 Å². The van der Waals surface area contributed by atoms with Gasteiger partial charge in [0.2, 0.25) is 0 Å². The second kappa shape index (κ2) is 17.2. The van der Waals surface area contributed by atoms with Crippen molar-refractivity contribution in [2.45, 2.75) is 96.8 Å². The summed E-state index contributed by atoms with van der Waals surface area (Å²) in [5, 5.41) is 0. The molecule has 0 fully saturated rings. The van der Waals surface area contributed by atoms with E-state index in [2.05, 4.69) is 0 Å². The normalized spacial score (nSPS) is 10.5. The minimum absolute atomic E-state index is 0.169. The summed E-state index contributed by atoms with van der Waals surface area (Å²) in [7, 11) is 0. The number of hydrogen-bond acceptors (Lipinski definition) is 3. The molecule has 0 aromatic heterocycles. The van der Waals surface area contributed by atoms with E-state index in [1.807, 2.05) is 6.29 Å². The minimum Gasteiger partial charge on any atom is -0.466 e.